The molecule has 29 heavy (non-hydrogen) atoms. The average Bonchev–Trinajstić information content (AvgIpc) is 3.25. The van der Waals surface area contributed by atoms with Gasteiger partial charge in [-0.2, -0.15) is 0 Å². The summed E-state index contributed by atoms with van der Waals surface area (Å²) in [5.41, 5.74) is 3.63. The molecule has 0 radical (unpaired) electrons. The van der Waals surface area contributed by atoms with Gasteiger partial charge in [-0.1, -0.05) is 35.0 Å². The fraction of sp³-hybridized carbons (Fsp3) is 0.143. The predicted octanol–water partition coefficient (Wildman–Crippen LogP) is 3.34. The number of nitrogens with zero attached hydrogens (tertiary/aromatic N) is 3. The van der Waals surface area contributed by atoms with Crippen LogP contribution in [0.2, 0.25) is 0 Å². The Hall–Kier alpha value is -3.39. The second kappa shape index (κ2) is 7.56. The quantitative estimate of drug-likeness (QED) is 0.477. The number of carbonyl (C=O) groups excluding carboxylic acids is 3. The zero-order chi connectivity index (χ0) is 20.5. The first-order valence-corrected chi connectivity index (χ1v) is 9.86. The van der Waals surface area contributed by atoms with E-state index in [-0.39, 0.29) is 16.9 Å². The molecular weight excluding hydrogens is 390 g/mol. The Labute approximate surface area is 171 Å². The number of hydrogen-bond acceptors (Lipinski definition) is 6. The Morgan fingerprint density at radius 1 is 1.03 bits per heavy atom. The fourth-order valence-corrected chi connectivity index (χ4v) is 3.92. The fourth-order valence-electron chi connectivity index (χ4n) is 3.18. The van der Waals surface area contributed by atoms with Gasteiger partial charge in [0.05, 0.1) is 11.1 Å². The summed E-state index contributed by atoms with van der Waals surface area (Å²) >= 11 is 1.17. The highest BCUT2D eigenvalue weighted by Gasteiger charge is 2.38. The van der Waals surface area contributed by atoms with Crippen LogP contribution in [0.15, 0.2) is 60.0 Å². The van der Waals surface area contributed by atoms with E-state index in [0.717, 1.165) is 16.8 Å². The van der Waals surface area contributed by atoms with Crippen LogP contribution >= 0.6 is 11.8 Å². The number of carbonyl (C=O) groups is 3. The smallest absolute Gasteiger partial charge is 0.329 e. The molecule has 3 aromatic rings. The van der Waals surface area contributed by atoms with Crippen molar-refractivity contribution in [3.63, 3.8) is 0 Å². The molecule has 0 bridgehead atoms. The van der Waals surface area contributed by atoms with Gasteiger partial charge in [0.1, 0.15) is 5.75 Å². The molecule has 0 aliphatic carbocycles. The minimum Gasteiger partial charge on any atom is -0.329 e. The van der Waals surface area contributed by atoms with Crippen molar-refractivity contribution in [1.82, 2.24) is 14.6 Å². The third-order valence-corrected chi connectivity index (χ3v) is 5.30. The summed E-state index contributed by atoms with van der Waals surface area (Å²) in [7, 11) is 0. The lowest BCUT2D eigenvalue weighted by Gasteiger charge is -2.13. The van der Waals surface area contributed by atoms with E-state index in [1.807, 2.05) is 36.7 Å². The zero-order valence-corrected chi connectivity index (χ0v) is 16.6. The van der Waals surface area contributed by atoms with Crippen molar-refractivity contribution in [2.24, 2.45) is 0 Å². The summed E-state index contributed by atoms with van der Waals surface area (Å²) in [5, 5.41) is 1.12. The number of aryl methyl sites for hydroxylation is 2. The summed E-state index contributed by atoms with van der Waals surface area (Å²) in [6.07, 6.45) is 3.46. The Balaban J connectivity index is 1.44. The molecule has 1 aliphatic heterocycles. The number of hydroxylamine groups is 2. The molecular formula is C21H17N3O4S. The van der Waals surface area contributed by atoms with Crippen LogP contribution in [0.4, 0.5) is 0 Å². The van der Waals surface area contributed by atoms with E-state index in [1.165, 1.54) is 23.9 Å². The normalized spacial score (nSPS) is 13.0. The molecule has 0 spiro atoms. The van der Waals surface area contributed by atoms with E-state index < -0.39 is 17.8 Å². The van der Waals surface area contributed by atoms with E-state index in [1.54, 1.807) is 18.3 Å². The number of thioether (sulfide) groups is 1. The molecule has 0 saturated carbocycles. The molecule has 7 nitrogen and oxygen atoms in total. The zero-order valence-electron chi connectivity index (χ0n) is 15.8. The summed E-state index contributed by atoms with van der Waals surface area (Å²) in [4.78, 5) is 46.2. The minimum atomic E-state index is -0.709. The molecule has 0 saturated heterocycles. The largest absolute Gasteiger partial charge is 0.343 e. The molecule has 0 fully saturated rings. The standard InChI is InChI=1S/C21H17N3O4S/c1-13-9-14(2)11-15(10-13)23-8-7-22-21(23)29-12-18(25)28-24-19(26)16-5-3-4-6-17(16)20(24)27/h3-11H,12H2,1-2H3. The van der Waals surface area contributed by atoms with E-state index in [0.29, 0.717) is 10.2 Å². The number of hydrogen-bond donors (Lipinski definition) is 0. The maximum Gasteiger partial charge on any atom is 0.343 e. The third kappa shape index (κ3) is 3.66. The van der Waals surface area contributed by atoms with Crippen molar-refractivity contribution in [2.75, 3.05) is 5.75 Å². The Morgan fingerprint density at radius 3 is 2.28 bits per heavy atom. The molecule has 2 amide bonds. The number of imidazole rings is 1. The molecule has 2 heterocycles. The van der Waals surface area contributed by atoms with Crippen LogP contribution in [-0.2, 0) is 9.63 Å². The van der Waals surface area contributed by atoms with Crippen LogP contribution in [0.25, 0.3) is 5.69 Å². The van der Waals surface area contributed by atoms with Gasteiger partial charge in [0, 0.05) is 18.1 Å². The van der Waals surface area contributed by atoms with Crippen molar-refractivity contribution < 1.29 is 19.2 Å². The topological polar surface area (TPSA) is 81.5 Å². The van der Waals surface area contributed by atoms with Crippen LogP contribution in [-0.4, -0.2) is 38.2 Å². The highest BCUT2D eigenvalue weighted by molar-refractivity contribution is 7.99. The minimum absolute atomic E-state index is 0.102. The molecule has 1 aliphatic rings. The Bertz CT molecular complexity index is 1080. The van der Waals surface area contributed by atoms with Gasteiger partial charge in [-0.05, 0) is 49.2 Å². The molecule has 8 heteroatoms. The van der Waals surface area contributed by atoms with Gasteiger partial charge in [-0.15, -0.1) is 0 Å². The summed E-state index contributed by atoms with van der Waals surface area (Å²) in [6.45, 7) is 4.03. The Morgan fingerprint density at radius 2 is 1.66 bits per heavy atom. The molecule has 0 unspecified atom stereocenters. The second-order valence-electron chi connectivity index (χ2n) is 6.63. The summed E-state index contributed by atoms with van der Waals surface area (Å²) < 4.78 is 1.87. The molecule has 1 aromatic heterocycles. The van der Waals surface area contributed by atoms with Gasteiger partial charge in [0.15, 0.2) is 5.16 Å². The van der Waals surface area contributed by atoms with Crippen molar-refractivity contribution in [2.45, 2.75) is 19.0 Å². The summed E-state index contributed by atoms with van der Waals surface area (Å²) in [6, 6.07) is 12.5. The van der Waals surface area contributed by atoms with Gasteiger partial charge >= 0.3 is 5.97 Å². The first kappa shape index (κ1) is 18.9. The molecule has 146 valence electrons. The lowest BCUT2D eigenvalue weighted by atomic mass is 10.1. The summed E-state index contributed by atoms with van der Waals surface area (Å²) in [5.74, 6) is -2.09. The number of rotatable bonds is 5. The number of imide groups is 1. The SMILES string of the molecule is Cc1cc(C)cc(-n2ccnc2SCC(=O)ON2C(=O)c3ccccc3C2=O)c1. The predicted molar refractivity (Wildman–Crippen MR) is 107 cm³/mol. The molecule has 0 atom stereocenters. The van der Waals surface area contributed by atoms with E-state index in [2.05, 4.69) is 11.1 Å². The van der Waals surface area contributed by atoms with E-state index in [4.69, 9.17) is 4.84 Å². The van der Waals surface area contributed by atoms with Crippen molar-refractivity contribution >= 4 is 29.5 Å². The van der Waals surface area contributed by atoms with Gasteiger partial charge in [-0.25, -0.2) is 9.78 Å². The van der Waals surface area contributed by atoms with Crippen LogP contribution in [0.3, 0.4) is 0 Å². The lowest BCUT2D eigenvalue weighted by Crippen LogP contribution is -2.33. The first-order chi connectivity index (χ1) is 13.9. The van der Waals surface area contributed by atoms with Gasteiger partial charge < -0.3 is 4.84 Å². The highest BCUT2D eigenvalue weighted by atomic mass is 32.2. The second-order valence-corrected chi connectivity index (χ2v) is 7.57. The lowest BCUT2D eigenvalue weighted by molar-refractivity contribution is -0.165. The number of benzene rings is 2. The maximum absolute atomic E-state index is 12.3. The number of amides is 2. The van der Waals surface area contributed by atoms with Gasteiger partial charge in [0.2, 0.25) is 0 Å². The third-order valence-electron chi connectivity index (χ3n) is 4.36. The number of aromatic nitrogens is 2. The van der Waals surface area contributed by atoms with Gasteiger partial charge in [0.25, 0.3) is 11.8 Å². The highest BCUT2D eigenvalue weighted by Crippen LogP contribution is 2.25. The molecule has 2 aromatic carbocycles. The molecule has 4 rings (SSSR count). The first-order valence-electron chi connectivity index (χ1n) is 8.87. The van der Waals surface area contributed by atoms with Gasteiger partial charge in [-0.3, -0.25) is 14.2 Å². The monoisotopic (exact) mass is 407 g/mol. The number of fused-ring (bicyclic) bond motifs is 1. The van der Waals surface area contributed by atoms with Crippen molar-refractivity contribution in [3.8, 4) is 5.69 Å². The van der Waals surface area contributed by atoms with Crippen LogP contribution in [0.1, 0.15) is 31.8 Å². The van der Waals surface area contributed by atoms with Crippen molar-refractivity contribution in [3.05, 3.63) is 77.1 Å². The van der Waals surface area contributed by atoms with Crippen LogP contribution in [0, 0.1) is 13.8 Å². The maximum atomic E-state index is 12.3. The van der Waals surface area contributed by atoms with E-state index in [9.17, 15) is 14.4 Å². The van der Waals surface area contributed by atoms with Crippen LogP contribution < -0.4 is 0 Å². The van der Waals surface area contributed by atoms with Crippen molar-refractivity contribution in [1.29, 1.82) is 0 Å². The average molecular weight is 407 g/mol. The Kier molecular flexibility index (Phi) is 4.94. The molecule has 0 N–H and O–H groups in total. The van der Waals surface area contributed by atoms with E-state index >= 15 is 0 Å². The van der Waals surface area contributed by atoms with Crippen LogP contribution in [0.5, 0.6) is 0 Å².